The molecule has 3 rings (SSSR count). The van der Waals surface area contributed by atoms with Gasteiger partial charge in [0.05, 0.1) is 6.04 Å². The SMILES string of the molecule is CC1CCC(NC(=O)C(C)N2C[C@@H](CN)[C@H](c3ccccc3)C2)CC1. The smallest absolute Gasteiger partial charge is 0.237 e. The first-order valence-electron chi connectivity index (χ1n) is 9.88. The number of hydrogen-bond acceptors (Lipinski definition) is 3. The molecule has 25 heavy (non-hydrogen) atoms. The number of benzene rings is 1. The molecule has 0 bridgehead atoms. The Morgan fingerprint density at radius 3 is 2.52 bits per heavy atom. The third-order valence-electron chi connectivity index (χ3n) is 6.29. The van der Waals surface area contributed by atoms with Gasteiger partial charge >= 0.3 is 0 Å². The normalized spacial score (nSPS) is 31.6. The summed E-state index contributed by atoms with van der Waals surface area (Å²) in [5.74, 6) is 1.84. The average molecular weight is 344 g/mol. The van der Waals surface area contributed by atoms with Gasteiger partial charge in [-0.1, -0.05) is 37.3 Å². The molecule has 1 unspecified atom stereocenters. The van der Waals surface area contributed by atoms with Crippen LogP contribution in [0.4, 0.5) is 0 Å². The van der Waals surface area contributed by atoms with Crippen molar-refractivity contribution < 1.29 is 4.79 Å². The Kier molecular flexibility index (Phi) is 6.13. The van der Waals surface area contributed by atoms with Crippen molar-refractivity contribution in [2.24, 2.45) is 17.6 Å². The van der Waals surface area contributed by atoms with Gasteiger partial charge in [-0.25, -0.2) is 0 Å². The predicted octanol–water partition coefficient (Wildman–Crippen LogP) is 2.74. The van der Waals surface area contributed by atoms with E-state index in [1.165, 1.54) is 18.4 Å². The van der Waals surface area contributed by atoms with E-state index in [1.54, 1.807) is 0 Å². The van der Waals surface area contributed by atoms with Crippen LogP contribution in [0.15, 0.2) is 30.3 Å². The number of carbonyl (C=O) groups excluding carboxylic acids is 1. The van der Waals surface area contributed by atoms with Crippen molar-refractivity contribution in [1.29, 1.82) is 0 Å². The maximum absolute atomic E-state index is 12.7. The Labute approximate surface area is 152 Å². The van der Waals surface area contributed by atoms with Crippen molar-refractivity contribution >= 4 is 5.91 Å². The van der Waals surface area contributed by atoms with Crippen molar-refractivity contribution in [3.05, 3.63) is 35.9 Å². The van der Waals surface area contributed by atoms with E-state index in [0.717, 1.165) is 31.8 Å². The highest BCUT2D eigenvalue weighted by Crippen LogP contribution is 2.33. The molecular formula is C21H33N3O. The number of carbonyl (C=O) groups is 1. The number of hydrogen-bond donors (Lipinski definition) is 2. The molecule has 1 aliphatic carbocycles. The molecule has 4 heteroatoms. The molecule has 0 aromatic heterocycles. The van der Waals surface area contributed by atoms with Gasteiger partial charge in [0.15, 0.2) is 0 Å². The second kappa shape index (κ2) is 8.33. The van der Waals surface area contributed by atoms with Crippen LogP contribution in [0.5, 0.6) is 0 Å². The Balaban J connectivity index is 1.58. The van der Waals surface area contributed by atoms with Gasteiger partial charge in [-0.15, -0.1) is 0 Å². The zero-order valence-electron chi connectivity index (χ0n) is 15.7. The highest BCUT2D eigenvalue weighted by molar-refractivity contribution is 5.81. The molecule has 0 spiro atoms. The first-order valence-corrected chi connectivity index (χ1v) is 9.88. The van der Waals surface area contributed by atoms with Crippen LogP contribution in [0.3, 0.4) is 0 Å². The van der Waals surface area contributed by atoms with Crippen molar-refractivity contribution in [2.45, 2.75) is 57.5 Å². The minimum absolute atomic E-state index is 0.0814. The van der Waals surface area contributed by atoms with Crippen LogP contribution in [0.2, 0.25) is 0 Å². The molecule has 1 saturated heterocycles. The summed E-state index contributed by atoms with van der Waals surface area (Å²) < 4.78 is 0. The van der Waals surface area contributed by atoms with Gasteiger partial charge < -0.3 is 11.1 Å². The van der Waals surface area contributed by atoms with E-state index in [-0.39, 0.29) is 11.9 Å². The van der Waals surface area contributed by atoms with Crippen LogP contribution in [0.25, 0.3) is 0 Å². The van der Waals surface area contributed by atoms with Crippen molar-refractivity contribution in [2.75, 3.05) is 19.6 Å². The average Bonchev–Trinajstić information content (AvgIpc) is 3.08. The topological polar surface area (TPSA) is 58.4 Å². The monoisotopic (exact) mass is 343 g/mol. The third kappa shape index (κ3) is 4.42. The van der Waals surface area contributed by atoms with Crippen LogP contribution in [0, 0.1) is 11.8 Å². The molecule has 1 amide bonds. The lowest BCUT2D eigenvalue weighted by Gasteiger charge is -2.30. The summed E-state index contributed by atoms with van der Waals surface area (Å²) in [6.45, 7) is 6.85. The number of likely N-dealkylation sites (tertiary alicyclic amines) is 1. The summed E-state index contributed by atoms with van der Waals surface area (Å²) in [5, 5.41) is 3.29. The lowest BCUT2D eigenvalue weighted by atomic mass is 9.87. The highest BCUT2D eigenvalue weighted by atomic mass is 16.2. The molecule has 2 aliphatic rings. The van der Waals surface area contributed by atoms with Crippen LogP contribution in [-0.4, -0.2) is 42.5 Å². The summed E-state index contributed by atoms with van der Waals surface area (Å²) in [7, 11) is 0. The molecule has 2 fully saturated rings. The number of nitrogens with zero attached hydrogens (tertiary/aromatic N) is 1. The first kappa shape index (κ1) is 18.4. The van der Waals surface area contributed by atoms with Crippen LogP contribution in [0.1, 0.15) is 51.0 Å². The standard InChI is InChI=1S/C21H33N3O/c1-15-8-10-19(11-9-15)23-21(25)16(2)24-13-18(12-22)20(14-24)17-6-4-3-5-7-17/h3-7,15-16,18-20H,8-14,22H2,1-2H3,(H,23,25)/t15?,16?,18-,19?,20+/m1/s1. The zero-order chi connectivity index (χ0) is 17.8. The predicted molar refractivity (Wildman–Crippen MR) is 102 cm³/mol. The van der Waals surface area contributed by atoms with Crippen LogP contribution in [-0.2, 0) is 4.79 Å². The Morgan fingerprint density at radius 2 is 1.88 bits per heavy atom. The quantitative estimate of drug-likeness (QED) is 0.864. The molecule has 1 heterocycles. The fraction of sp³-hybridized carbons (Fsp3) is 0.667. The van der Waals surface area contributed by atoms with E-state index < -0.39 is 0 Å². The molecule has 3 atom stereocenters. The van der Waals surface area contributed by atoms with Crippen molar-refractivity contribution in [3.63, 3.8) is 0 Å². The summed E-state index contributed by atoms with van der Waals surface area (Å²) in [6, 6.07) is 10.9. The third-order valence-corrected chi connectivity index (χ3v) is 6.29. The number of nitrogens with one attached hydrogen (secondary N) is 1. The molecule has 0 radical (unpaired) electrons. The van der Waals surface area contributed by atoms with Gasteiger partial charge in [0.25, 0.3) is 0 Å². The Morgan fingerprint density at radius 1 is 1.20 bits per heavy atom. The van der Waals surface area contributed by atoms with Crippen LogP contribution < -0.4 is 11.1 Å². The summed E-state index contributed by atoms with van der Waals surface area (Å²) in [5.41, 5.74) is 7.38. The van der Waals surface area contributed by atoms with Gasteiger partial charge in [-0.2, -0.15) is 0 Å². The van der Waals surface area contributed by atoms with E-state index in [4.69, 9.17) is 5.73 Å². The molecule has 1 aliphatic heterocycles. The summed E-state index contributed by atoms with van der Waals surface area (Å²) in [6.07, 6.45) is 4.71. The molecule has 3 N–H and O–H groups in total. The van der Waals surface area contributed by atoms with Crippen molar-refractivity contribution in [3.8, 4) is 0 Å². The van der Waals surface area contributed by atoms with Gasteiger partial charge in [0, 0.05) is 25.0 Å². The maximum Gasteiger partial charge on any atom is 0.237 e. The molecule has 1 saturated carbocycles. The van der Waals surface area contributed by atoms with E-state index in [2.05, 4.69) is 47.5 Å². The van der Waals surface area contributed by atoms with E-state index >= 15 is 0 Å². The lowest BCUT2D eigenvalue weighted by Crippen LogP contribution is -2.48. The maximum atomic E-state index is 12.7. The van der Waals surface area contributed by atoms with Crippen LogP contribution >= 0.6 is 0 Å². The largest absolute Gasteiger partial charge is 0.352 e. The Bertz CT molecular complexity index is 554. The lowest BCUT2D eigenvalue weighted by molar-refractivity contribution is -0.126. The van der Waals surface area contributed by atoms with Crippen molar-refractivity contribution in [1.82, 2.24) is 10.2 Å². The number of nitrogens with two attached hydrogens (primary N) is 1. The number of amides is 1. The van der Waals surface area contributed by atoms with Gasteiger partial charge in [0.1, 0.15) is 0 Å². The first-order chi connectivity index (χ1) is 12.1. The molecule has 1 aromatic rings. The molecule has 138 valence electrons. The van der Waals surface area contributed by atoms with Gasteiger partial charge in [-0.3, -0.25) is 9.69 Å². The van der Waals surface area contributed by atoms with Gasteiger partial charge in [-0.05, 0) is 56.6 Å². The fourth-order valence-corrected chi connectivity index (χ4v) is 4.43. The minimum atomic E-state index is -0.0814. The second-order valence-electron chi connectivity index (χ2n) is 8.11. The molecule has 1 aromatic carbocycles. The number of rotatable bonds is 5. The summed E-state index contributed by atoms with van der Waals surface area (Å²) in [4.78, 5) is 15.0. The van der Waals surface area contributed by atoms with Gasteiger partial charge in [0.2, 0.25) is 5.91 Å². The van der Waals surface area contributed by atoms with E-state index in [9.17, 15) is 4.79 Å². The van der Waals surface area contributed by atoms with E-state index in [1.807, 2.05) is 6.92 Å². The zero-order valence-corrected chi connectivity index (χ0v) is 15.7. The molecular weight excluding hydrogens is 310 g/mol. The van der Waals surface area contributed by atoms with E-state index in [0.29, 0.717) is 24.4 Å². The fourth-order valence-electron chi connectivity index (χ4n) is 4.43. The summed E-state index contributed by atoms with van der Waals surface area (Å²) >= 11 is 0. The highest BCUT2D eigenvalue weighted by Gasteiger charge is 2.37. The molecule has 4 nitrogen and oxygen atoms in total. The minimum Gasteiger partial charge on any atom is -0.352 e. The second-order valence-corrected chi connectivity index (χ2v) is 8.11. The Hall–Kier alpha value is -1.39.